The third-order valence-electron chi connectivity index (χ3n) is 7.38. The Morgan fingerprint density at radius 1 is 1.07 bits per heavy atom. The van der Waals surface area contributed by atoms with Crippen molar-refractivity contribution in [3.63, 3.8) is 0 Å². The van der Waals surface area contributed by atoms with Gasteiger partial charge in [-0.15, -0.1) is 0 Å². The number of thiazole rings is 1. The molecule has 0 amide bonds. The van der Waals surface area contributed by atoms with Crippen molar-refractivity contribution in [2.75, 3.05) is 26.1 Å². The summed E-state index contributed by atoms with van der Waals surface area (Å²) in [5, 5.41) is 0. The van der Waals surface area contributed by atoms with Crippen molar-refractivity contribution in [2.24, 2.45) is 4.99 Å². The van der Waals surface area contributed by atoms with E-state index in [1.165, 1.54) is 11.3 Å². The van der Waals surface area contributed by atoms with Crippen LogP contribution >= 0.6 is 11.3 Å². The first-order valence-corrected chi connectivity index (χ1v) is 14.7. The normalized spacial score (nSPS) is 15.1. The van der Waals surface area contributed by atoms with Crippen molar-refractivity contribution in [3.05, 3.63) is 108 Å². The zero-order chi connectivity index (χ0) is 30.3. The second kappa shape index (κ2) is 11.5. The van der Waals surface area contributed by atoms with Crippen LogP contribution in [0.25, 0.3) is 11.8 Å². The van der Waals surface area contributed by atoms with Crippen LogP contribution in [0, 0.1) is 13.8 Å². The Labute approximate surface area is 249 Å². The average molecular weight is 585 g/mol. The Bertz CT molecular complexity index is 1870. The molecule has 3 heterocycles. The minimum atomic E-state index is -0.701. The number of anilines is 1. The van der Waals surface area contributed by atoms with Gasteiger partial charge in [0.1, 0.15) is 5.75 Å². The predicted molar refractivity (Wildman–Crippen MR) is 168 cm³/mol. The van der Waals surface area contributed by atoms with Gasteiger partial charge in [0.15, 0.2) is 4.80 Å². The summed E-state index contributed by atoms with van der Waals surface area (Å²) < 4.78 is 15.4. The molecule has 2 aromatic heterocycles. The van der Waals surface area contributed by atoms with Crippen LogP contribution in [0.1, 0.15) is 49.3 Å². The average Bonchev–Trinajstić information content (AvgIpc) is 3.40. The lowest BCUT2D eigenvalue weighted by molar-refractivity contribution is -0.143. The first kappa shape index (κ1) is 29.1. The number of fused-ring (bicyclic) bond motifs is 1. The Morgan fingerprint density at radius 2 is 1.79 bits per heavy atom. The van der Waals surface area contributed by atoms with Gasteiger partial charge in [0, 0.05) is 36.9 Å². The third-order valence-corrected chi connectivity index (χ3v) is 8.36. The van der Waals surface area contributed by atoms with E-state index in [2.05, 4.69) is 53.6 Å². The van der Waals surface area contributed by atoms with Gasteiger partial charge in [-0.3, -0.25) is 9.36 Å². The molecule has 0 N–H and O–H groups in total. The minimum absolute atomic E-state index is 0.214. The van der Waals surface area contributed by atoms with Crippen LogP contribution in [-0.2, 0) is 9.53 Å². The summed E-state index contributed by atoms with van der Waals surface area (Å²) in [6.07, 6.45) is 1.60. The van der Waals surface area contributed by atoms with Gasteiger partial charge in [0.25, 0.3) is 5.56 Å². The second-order valence-electron chi connectivity index (χ2n) is 10.9. The number of benzene rings is 2. The van der Waals surface area contributed by atoms with Gasteiger partial charge in [0.2, 0.25) is 0 Å². The van der Waals surface area contributed by atoms with Crippen LogP contribution in [0.3, 0.4) is 0 Å². The SMILES string of the molecule is COc1cccc([C@H]2C(C(=O)OC(C)C)=C(C)N=c3s/c(=C\c4cc(C)n(-c5ccc(N(C)C)cc5)c4C)c(=O)n32)c1. The maximum atomic E-state index is 14.1. The summed E-state index contributed by atoms with van der Waals surface area (Å²) in [5.74, 6) is 0.143. The molecule has 42 heavy (non-hydrogen) atoms. The minimum Gasteiger partial charge on any atom is -0.497 e. The molecule has 0 saturated heterocycles. The van der Waals surface area contributed by atoms with Gasteiger partial charge in [-0.2, -0.15) is 0 Å². The number of carbonyl (C=O) groups excluding carboxylic acids is 1. The fraction of sp³-hybridized carbons (Fsp3) is 0.303. The Hall–Kier alpha value is -4.37. The Kier molecular flexibility index (Phi) is 7.97. The van der Waals surface area contributed by atoms with Crippen molar-refractivity contribution in [2.45, 2.75) is 46.8 Å². The first-order chi connectivity index (χ1) is 20.0. The van der Waals surface area contributed by atoms with Crippen LogP contribution in [0.4, 0.5) is 5.69 Å². The molecule has 0 bridgehead atoms. The first-order valence-electron chi connectivity index (χ1n) is 13.8. The summed E-state index contributed by atoms with van der Waals surface area (Å²) in [4.78, 5) is 34.8. The highest BCUT2D eigenvalue weighted by Gasteiger charge is 2.34. The zero-order valence-electron chi connectivity index (χ0n) is 25.3. The molecular formula is C33H36N4O4S. The summed E-state index contributed by atoms with van der Waals surface area (Å²) in [6.45, 7) is 9.51. The molecule has 1 aliphatic rings. The molecule has 9 heteroatoms. The molecule has 0 fully saturated rings. The van der Waals surface area contributed by atoms with Gasteiger partial charge in [0.05, 0.1) is 35.1 Å². The van der Waals surface area contributed by atoms with Crippen molar-refractivity contribution in [1.29, 1.82) is 0 Å². The third kappa shape index (κ3) is 5.32. The highest BCUT2D eigenvalue weighted by atomic mass is 32.1. The van der Waals surface area contributed by atoms with Gasteiger partial charge in [-0.1, -0.05) is 23.5 Å². The highest BCUT2D eigenvalue weighted by Crippen LogP contribution is 2.32. The number of aryl methyl sites for hydroxylation is 1. The van der Waals surface area contributed by atoms with E-state index in [0.29, 0.717) is 26.4 Å². The summed E-state index contributed by atoms with van der Waals surface area (Å²) >= 11 is 1.32. The molecule has 2 aromatic carbocycles. The Balaban J connectivity index is 1.66. The molecular weight excluding hydrogens is 548 g/mol. The topological polar surface area (TPSA) is 78.1 Å². The standard InChI is InChI=1S/C33H36N4O4S/c1-19(2)41-32(39)29-21(4)34-33-37(30(29)23-10-9-11-27(17-23)40-8)31(38)28(42-33)18-24-16-20(3)36(22(24)5)26-14-12-25(13-15-26)35(6)7/h9-19,30H,1-8H3/b28-18-/t30-/m0/s1. The number of allylic oxidation sites excluding steroid dienone is 1. The fourth-order valence-corrected chi connectivity index (χ4v) is 6.40. The van der Waals surface area contributed by atoms with Crippen LogP contribution in [0.2, 0.25) is 0 Å². The maximum absolute atomic E-state index is 14.1. The molecule has 0 aliphatic carbocycles. The zero-order valence-corrected chi connectivity index (χ0v) is 26.1. The van der Waals surface area contributed by atoms with Crippen LogP contribution in [0.5, 0.6) is 5.75 Å². The quantitative estimate of drug-likeness (QED) is 0.295. The summed E-state index contributed by atoms with van der Waals surface area (Å²) in [7, 11) is 5.63. The predicted octanol–water partition coefficient (Wildman–Crippen LogP) is 4.67. The van der Waals surface area contributed by atoms with Gasteiger partial charge < -0.3 is 18.9 Å². The molecule has 5 rings (SSSR count). The molecule has 1 atom stereocenters. The molecule has 0 spiro atoms. The van der Waals surface area contributed by atoms with E-state index in [4.69, 9.17) is 14.5 Å². The van der Waals surface area contributed by atoms with Gasteiger partial charge in [-0.25, -0.2) is 9.79 Å². The van der Waals surface area contributed by atoms with Gasteiger partial charge in [-0.05, 0) is 94.3 Å². The van der Waals surface area contributed by atoms with E-state index in [1.807, 2.05) is 44.4 Å². The lowest BCUT2D eigenvalue weighted by Crippen LogP contribution is -2.40. The number of nitrogens with zero attached hydrogens (tertiary/aromatic N) is 4. The van der Waals surface area contributed by atoms with Crippen molar-refractivity contribution >= 4 is 29.1 Å². The molecule has 0 saturated carbocycles. The highest BCUT2D eigenvalue weighted by molar-refractivity contribution is 7.07. The molecule has 4 aromatic rings. The van der Waals surface area contributed by atoms with Crippen molar-refractivity contribution < 1.29 is 14.3 Å². The summed E-state index contributed by atoms with van der Waals surface area (Å²) in [6, 6.07) is 17.2. The maximum Gasteiger partial charge on any atom is 0.338 e. The number of rotatable bonds is 7. The number of hydrogen-bond acceptors (Lipinski definition) is 7. The number of carbonyl (C=O) groups is 1. The van der Waals surface area contributed by atoms with E-state index in [0.717, 1.165) is 33.9 Å². The van der Waals surface area contributed by atoms with Gasteiger partial charge >= 0.3 is 5.97 Å². The van der Waals surface area contributed by atoms with E-state index in [-0.39, 0.29) is 11.7 Å². The van der Waals surface area contributed by atoms with E-state index in [9.17, 15) is 9.59 Å². The second-order valence-corrected chi connectivity index (χ2v) is 11.9. The lowest BCUT2D eigenvalue weighted by atomic mass is 9.95. The molecule has 0 unspecified atom stereocenters. The molecule has 218 valence electrons. The molecule has 1 aliphatic heterocycles. The van der Waals surface area contributed by atoms with Crippen molar-refractivity contribution in [3.8, 4) is 11.4 Å². The molecule has 8 nitrogen and oxygen atoms in total. The largest absolute Gasteiger partial charge is 0.497 e. The van der Waals surface area contributed by atoms with Crippen molar-refractivity contribution in [1.82, 2.24) is 9.13 Å². The number of methoxy groups -OCH3 is 1. The smallest absolute Gasteiger partial charge is 0.338 e. The van der Waals surface area contributed by atoms with E-state index in [1.54, 1.807) is 32.4 Å². The number of esters is 1. The van der Waals surface area contributed by atoms with E-state index < -0.39 is 12.0 Å². The number of aromatic nitrogens is 2. The Morgan fingerprint density at radius 3 is 2.43 bits per heavy atom. The van der Waals surface area contributed by atoms with Crippen LogP contribution < -0.4 is 24.5 Å². The molecule has 0 radical (unpaired) electrons. The van der Waals surface area contributed by atoms with E-state index >= 15 is 0 Å². The summed E-state index contributed by atoms with van der Waals surface area (Å²) in [5.41, 5.74) is 6.61. The number of hydrogen-bond donors (Lipinski definition) is 0. The van der Waals surface area contributed by atoms with Crippen LogP contribution in [-0.4, -0.2) is 42.4 Å². The monoisotopic (exact) mass is 584 g/mol. The fourth-order valence-electron chi connectivity index (χ4n) is 5.36. The lowest BCUT2D eigenvalue weighted by Gasteiger charge is -2.25. The number of ether oxygens (including phenoxy) is 2. The van der Waals surface area contributed by atoms with Crippen LogP contribution in [0.15, 0.2) is 75.7 Å².